The molecule has 156 valence electrons. The molecule has 3 aliphatic rings. The summed E-state index contributed by atoms with van der Waals surface area (Å²) in [6.45, 7) is 12.4. The Labute approximate surface area is 165 Å². The van der Waals surface area contributed by atoms with Crippen molar-refractivity contribution in [2.75, 3.05) is 32.8 Å². The predicted molar refractivity (Wildman–Crippen MR) is 108 cm³/mol. The second kappa shape index (κ2) is 8.69. The monoisotopic (exact) mass is 380 g/mol. The molecule has 3 fully saturated rings. The van der Waals surface area contributed by atoms with Crippen LogP contribution in [0.1, 0.15) is 72.6 Å². The molecule has 27 heavy (non-hydrogen) atoms. The van der Waals surface area contributed by atoms with Crippen molar-refractivity contribution in [1.29, 1.82) is 0 Å². The fourth-order valence-corrected chi connectivity index (χ4v) is 4.26. The Kier molecular flexibility index (Phi) is 6.73. The number of nitrogens with one attached hydrogen (secondary N) is 1. The molecule has 0 aromatic carbocycles. The lowest BCUT2D eigenvalue weighted by molar-refractivity contribution is -0.0286. The van der Waals surface area contributed by atoms with Gasteiger partial charge in [-0.25, -0.2) is 4.79 Å². The maximum Gasteiger partial charge on any atom is 0.410 e. The number of nitrogens with zero attached hydrogens (tertiary/aromatic N) is 1. The van der Waals surface area contributed by atoms with Crippen molar-refractivity contribution in [3.05, 3.63) is 0 Å². The molecule has 1 saturated heterocycles. The SMILES string of the molecule is CCC1C[C@H]1NCC1(COCC2CCC2)CCN(C(=O)OC(C)(C)C)CC1. The number of hydrogen-bond donors (Lipinski definition) is 1. The van der Waals surface area contributed by atoms with Crippen LogP contribution in [0.4, 0.5) is 4.79 Å². The van der Waals surface area contributed by atoms with Gasteiger partial charge in [0.1, 0.15) is 5.60 Å². The molecule has 2 aliphatic carbocycles. The summed E-state index contributed by atoms with van der Waals surface area (Å²) in [7, 11) is 0. The fourth-order valence-electron chi connectivity index (χ4n) is 4.26. The van der Waals surface area contributed by atoms with Gasteiger partial charge in [-0.05, 0) is 64.7 Å². The quantitative estimate of drug-likeness (QED) is 0.685. The van der Waals surface area contributed by atoms with E-state index >= 15 is 0 Å². The molecule has 2 atom stereocenters. The van der Waals surface area contributed by atoms with Gasteiger partial charge in [0.15, 0.2) is 0 Å². The molecule has 2 saturated carbocycles. The molecule has 0 bridgehead atoms. The molecule has 1 heterocycles. The van der Waals surface area contributed by atoms with Crippen molar-refractivity contribution in [3.8, 4) is 0 Å². The first-order valence-corrected chi connectivity index (χ1v) is 11.1. The Bertz CT molecular complexity index is 490. The lowest BCUT2D eigenvalue weighted by Crippen LogP contribution is -2.50. The van der Waals surface area contributed by atoms with Crippen LogP contribution in [-0.4, -0.2) is 55.5 Å². The van der Waals surface area contributed by atoms with Crippen molar-refractivity contribution in [1.82, 2.24) is 10.2 Å². The van der Waals surface area contributed by atoms with E-state index in [9.17, 15) is 4.79 Å². The number of rotatable bonds is 8. The van der Waals surface area contributed by atoms with Crippen LogP contribution in [0.5, 0.6) is 0 Å². The molecule has 5 heteroatoms. The molecule has 1 amide bonds. The number of carbonyl (C=O) groups excluding carboxylic acids is 1. The van der Waals surface area contributed by atoms with Crippen LogP contribution in [0.25, 0.3) is 0 Å². The topological polar surface area (TPSA) is 50.8 Å². The third-order valence-corrected chi connectivity index (χ3v) is 6.65. The van der Waals surface area contributed by atoms with E-state index in [0.29, 0.717) is 6.04 Å². The number of amides is 1. The summed E-state index contributed by atoms with van der Waals surface area (Å²) < 4.78 is 11.7. The van der Waals surface area contributed by atoms with Crippen molar-refractivity contribution in [2.45, 2.75) is 84.3 Å². The molecule has 0 radical (unpaired) electrons. The van der Waals surface area contributed by atoms with E-state index in [4.69, 9.17) is 9.47 Å². The highest BCUT2D eigenvalue weighted by atomic mass is 16.6. The van der Waals surface area contributed by atoms with E-state index in [-0.39, 0.29) is 11.5 Å². The van der Waals surface area contributed by atoms with Gasteiger partial charge in [-0.1, -0.05) is 19.8 Å². The van der Waals surface area contributed by atoms with Gasteiger partial charge in [0.05, 0.1) is 6.61 Å². The first kappa shape index (κ1) is 20.9. The van der Waals surface area contributed by atoms with E-state index < -0.39 is 5.60 Å². The number of piperidine rings is 1. The van der Waals surface area contributed by atoms with E-state index in [1.165, 1.54) is 32.1 Å². The third kappa shape index (κ3) is 6.08. The molecule has 1 N–H and O–H groups in total. The van der Waals surface area contributed by atoms with Crippen LogP contribution in [0, 0.1) is 17.3 Å². The van der Waals surface area contributed by atoms with Gasteiger partial charge in [0, 0.05) is 37.7 Å². The maximum absolute atomic E-state index is 12.4. The predicted octanol–water partition coefficient (Wildman–Crippen LogP) is 4.21. The minimum Gasteiger partial charge on any atom is -0.444 e. The Balaban J connectivity index is 1.49. The average Bonchev–Trinajstić information content (AvgIpc) is 3.33. The molecule has 5 nitrogen and oxygen atoms in total. The Hall–Kier alpha value is -0.810. The molecule has 1 unspecified atom stereocenters. The number of carbonyl (C=O) groups is 1. The van der Waals surface area contributed by atoms with Gasteiger partial charge < -0.3 is 19.7 Å². The number of likely N-dealkylation sites (tertiary alicyclic amines) is 1. The second-order valence-electron chi connectivity index (χ2n) is 10.2. The molecule has 0 aromatic rings. The zero-order valence-corrected chi connectivity index (χ0v) is 17.9. The van der Waals surface area contributed by atoms with Gasteiger partial charge in [-0.2, -0.15) is 0 Å². The Morgan fingerprint density at radius 3 is 2.44 bits per heavy atom. The highest BCUT2D eigenvalue weighted by molar-refractivity contribution is 5.68. The van der Waals surface area contributed by atoms with E-state index in [2.05, 4.69) is 12.2 Å². The molecular formula is C22H40N2O3. The molecule has 3 rings (SSSR count). The van der Waals surface area contributed by atoms with Crippen molar-refractivity contribution in [3.63, 3.8) is 0 Å². The van der Waals surface area contributed by atoms with Gasteiger partial charge in [-0.3, -0.25) is 0 Å². The number of ether oxygens (including phenoxy) is 2. The molecular weight excluding hydrogens is 340 g/mol. The average molecular weight is 381 g/mol. The van der Waals surface area contributed by atoms with Crippen LogP contribution in [0.15, 0.2) is 0 Å². The zero-order valence-electron chi connectivity index (χ0n) is 17.9. The van der Waals surface area contributed by atoms with Crippen molar-refractivity contribution >= 4 is 6.09 Å². The van der Waals surface area contributed by atoms with Gasteiger partial charge in [0.25, 0.3) is 0 Å². The first-order valence-electron chi connectivity index (χ1n) is 11.1. The van der Waals surface area contributed by atoms with E-state index in [0.717, 1.165) is 57.5 Å². The summed E-state index contributed by atoms with van der Waals surface area (Å²) in [5.74, 6) is 1.64. The van der Waals surface area contributed by atoms with Crippen LogP contribution >= 0.6 is 0 Å². The van der Waals surface area contributed by atoms with Crippen LogP contribution < -0.4 is 5.32 Å². The molecule has 0 aromatic heterocycles. The minimum absolute atomic E-state index is 0.156. The van der Waals surface area contributed by atoms with Crippen LogP contribution in [-0.2, 0) is 9.47 Å². The van der Waals surface area contributed by atoms with Crippen LogP contribution in [0.3, 0.4) is 0 Å². The third-order valence-electron chi connectivity index (χ3n) is 6.65. The summed E-state index contributed by atoms with van der Waals surface area (Å²) in [6, 6.07) is 0.697. The van der Waals surface area contributed by atoms with E-state index in [1.807, 2.05) is 25.7 Å². The first-order chi connectivity index (χ1) is 12.8. The fraction of sp³-hybridized carbons (Fsp3) is 0.955. The summed E-state index contributed by atoms with van der Waals surface area (Å²) >= 11 is 0. The highest BCUT2D eigenvalue weighted by Crippen LogP contribution is 2.37. The van der Waals surface area contributed by atoms with Crippen molar-refractivity contribution < 1.29 is 14.3 Å². The highest BCUT2D eigenvalue weighted by Gasteiger charge is 2.41. The van der Waals surface area contributed by atoms with Gasteiger partial charge >= 0.3 is 6.09 Å². The summed E-state index contributed by atoms with van der Waals surface area (Å²) in [5.41, 5.74) is -0.274. The Morgan fingerprint density at radius 2 is 1.93 bits per heavy atom. The second-order valence-corrected chi connectivity index (χ2v) is 10.2. The number of hydrogen-bond acceptors (Lipinski definition) is 4. The molecule has 1 aliphatic heterocycles. The maximum atomic E-state index is 12.4. The van der Waals surface area contributed by atoms with Gasteiger partial charge in [0.2, 0.25) is 0 Å². The van der Waals surface area contributed by atoms with Crippen molar-refractivity contribution in [2.24, 2.45) is 17.3 Å². The summed E-state index contributed by atoms with van der Waals surface area (Å²) in [5, 5.41) is 3.80. The summed E-state index contributed by atoms with van der Waals surface area (Å²) in [4.78, 5) is 14.3. The van der Waals surface area contributed by atoms with Crippen LogP contribution in [0.2, 0.25) is 0 Å². The van der Waals surface area contributed by atoms with Gasteiger partial charge in [-0.15, -0.1) is 0 Å². The van der Waals surface area contributed by atoms with E-state index in [1.54, 1.807) is 0 Å². The largest absolute Gasteiger partial charge is 0.444 e. The molecule has 0 spiro atoms. The lowest BCUT2D eigenvalue weighted by atomic mass is 9.78. The zero-order chi connectivity index (χ0) is 19.5. The Morgan fingerprint density at radius 1 is 1.22 bits per heavy atom. The standard InChI is InChI=1S/C22H40N2O3/c1-5-18-13-19(18)23-15-22(16-26-14-17-7-6-8-17)9-11-24(12-10-22)20(25)27-21(2,3)4/h17-19,23H,5-16H2,1-4H3/t18?,19-/m1/s1. The smallest absolute Gasteiger partial charge is 0.410 e. The normalized spacial score (nSPS) is 27.9. The lowest BCUT2D eigenvalue weighted by Gasteiger charge is -2.42. The summed E-state index contributed by atoms with van der Waals surface area (Å²) in [6.07, 6.45) is 8.43. The minimum atomic E-state index is -0.430.